The third-order valence-electron chi connectivity index (χ3n) is 2.75. The van der Waals surface area contributed by atoms with E-state index in [9.17, 15) is 5.11 Å². The van der Waals surface area contributed by atoms with Crippen molar-refractivity contribution in [2.45, 2.75) is 20.3 Å². The summed E-state index contributed by atoms with van der Waals surface area (Å²) in [6.07, 6.45) is 2.71. The molecule has 3 nitrogen and oxygen atoms in total. The number of hydrogen-bond donors (Lipinski definition) is 1. The van der Waals surface area contributed by atoms with Gasteiger partial charge >= 0.3 is 0 Å². The van der Waals surface area contributed by atoms with Crippen molar-refractivity contribution in [2.24, 2.45) is 10.9 Å². The van der Waals surface area contributed by atoms with E-state index in [0.717, 1.165) is 30.8 Å². The van der Waals surface area contributed by atoms with Crippen LogP contribution >= 0.6 is 11.6 Å². The zero-order valence-electron chi connectivity index (χ0n) is 10.2. The van der Waals surface area contributed by atoms with Crippen LogP contribution in [-0.4, -0.2) is 24.5 Å². The normalized spacial score (nSPS) is 14.9. The van der Waals surface area contributed by atoms with Crippen molar-refractivity contribution in [3.8, 4) is 5.75 Å². The van der Waals surface area contributed by atoms with Crippen LogP contribution in [0.4, 0.5) is 5.69 Å². The highest BCUT2D eigenvalue weighted by Crippen LogP contribution is 2.36. The Morgan fingerprint density at radius 1 is 1.47 bits per heavy atom. The molecule has 0 saturated carbocycles. The van der Waals surface area contributed by atoms with Crippen LogP contribution in [0.5, 0.6) is 5.75 Å². The molecule has 0 radical (unpaired) electrons. The van der Waals surface area contributed by atoms with Crippen LogP contribution in [0.1, 0.15) is 19.4 Å². The number of nitrogens with zero attached hydrogens (tertiary/aromatic N) is 2. The molecule has 0 unspecified atom stereocenters. The number of anilines is 1. The number of aromatic hydroxyl groups is 1. The molecule has 1 aliphatic heterocycles. The van der Waals surface area contributed by atoms with Crippen LogP contribution in [0.15, 0.2) is 17.1 Å². The lowest BCUT2D eigenvalue weighted by molar-refractivity contribution is 0.476. The Kier molecular flexibility index (Phi) is 3.57. The highest BCUT2D eigenvalue weighted by Gasteiger charge is 2.16. The zero-order chi connectivity index (χ0) is 12.4. The van der Waals surface area contributed by atoms with Gasteiger partial charge in [-0.25, -0.2) is 0 Å². The van der Waals surface area contributed by atoms with Crippen LogP contribution in [0.2, 0.25) is 5.02 Å². The third-order valence-corrected chi connectivity index (χ3v) is 3.04. The second-order valence-electron chi connectivity index (χ2n) is 4.76. The standard InChI is InChI=1S/C13H17ClN2O/c1-9(2)5-10-6-11(14)13(17)12(7-10)16-4-3-15-8-16/h6-9,17H,3-5H2,1-2H3. The van der Waals surface area contributed by atoms with Gasteiger partial charge in [-0.05, 0) is 30.0 Å². The molecule has 92 valence electrons. The maximum Gasteiger partial charge on any atom is 0.157 e. The molecule has 2 rings (SSSR count). The SMILES string of the molecule is CC(C)Cc1cc(Cl)c(O)c(N2C=NCC2)c1. The summed E-state index contributed by atoms with van der Waals surface area (Å²) in [5, 5.41) is 10.4. The Bertz CT molecular complexity index is 443. The molecule has 4 heteroatoms. The summed E-state index contributed by atoms with van der Waals surface area (Å²) in [5.74, 6) is 0.711. The lowest BCUT2D eigenvalue weighted by atomic mass is 10.0. The van der Waals surface area contributed by atoms with E-state index in [1.807, 2.05) is 17.0 Å². The fourth-order valence-corrected chi connectivity index (χ4v) is 2.25. The maximum absolute atomic E-state index is 9.98. The van der Waals surface area contributed by atoms with Crippen molar-refractivity contribution in [1.29, 1.82) is 0 Å². The fraction of sp³-hybridized carbons (Fsp3) is 0.462. The van der Waals surface area contributed by atoms with Gasteiger partial charge in [0, 0.05) is 6.54 Å². The van der Waals surface area contributed by atoms with Crippen molar-refractivity contribution in [2.75, 3.05) is 18.0 Å². The van der Waals surface area contributed by atoms with Crippen molar-refractivity contribution in [3.05, 3.63) is 22.7 Å². The Morgan fingerprint density at radius 3 is 2.82 bits per heavy atom. The Hall–Kier alpha value is -1.22. The number of hydrogen-bond acceptors (Lipinski definition) is 3. The van der Waals surface area contributed by atoms with Gasteiger partial charge in [-0.3, -0.25) is 4.99 Å². The molecule has 0 spiro atoms. The molecule has 1 aromatic rings. The molecule has 0 bridgehead atoms. The number of halogens is 1. The Labute approximate surface area is 107 Å². The first-order chi connectivity index (χ1) is 8.08. The molecule has 17 heavy (non-hydrogen) atoms. The molecule has 0 atom stereocenters. The van der Waals surface area contributed by atoms with E-state index < -0.39 is 0 Å². The first kappa shape index (κ1) is 12.2. The lowest BCUT2D eigenvalue weighted by Crippen LogP contribution is -2.18. The number of phenolic OH excluding ortho intramolecular Hbond substituents is 1. The van der Waals surface area contributed by atoms with Crippen LogP contribution in [0.3, 0.4) is 0 Å². The van der Waals surface area contributed by atoms with E-state index in [4.69, 9.17) is 11.6 Å². The van der Waals surface area contributed by atoms with Gasteiger partial charge in [-0.2, -0.15) is 0 Å². The van der Waals surface area contributed by atoms with E-state index in [1.165, 1.54) is 0 Å². The fourth-order valence-electron chi connectivity index (χ4n) is 2.01. The molecule has 0 fully saturated rings. The summed E-state index contributed by atoms with van der Waals surface area (Å²) >= 11 is 6.06. The van der Waals surface area contributed by atoms with Gasteiger partial charge < -0.3 is 10.0 Å². The highest BCUT2D eigenvalue weighted by molar-refractivity contribution is 6.32. The number of aliphatic imine (C=N–C) groups is 1. The largest absolute Gasteiger partial charge is 0.504 e. The van der Waals surface area contributed by atoms with Gasteiger partial charge in [-0.15, -0.1) is 0 Å². The average molecular weight is 253 g/mol. The van der Waals surface area contributed by atoms with Gasteiger partial charge in [0.25, 0.3) is 0 Å². The molecule has 0 amide bonds. The van der Waals surface area contributed by atoms with E-state index in [2.05, 4.69) is 18.8 Å². The molecule has 1 aromatic carbocycles. The number of phenols is 1. The van der Waals surface area contributed by atoms with Crippen molar-refractivity contribution in [1.82, 2.24) is 0 Å². The quantitative estimate of drug-likeness (QED) is 0.897. The summed E-state index contributed by atoms with van der Waals surface area (Å²) in [4.78, 5) is 6.08. The molecule has 0 aliphatic carbocycles. The average Bonchev–Trinajstić information content (AvgIpc) is 2.75. The molecule has 1 N–H and O–H groups in total. The molecule has 0 saturated heterocycles. The van der Waals surface area contributed by atoms with Gasteiger partial charge in [0.1, 0.15) is 0 Å². The Morgan fingerprint density at radius 2 is 2.24 bits per heavy atom. The predicted molar refractivity (Wildman–Crippen MR) is 72.4 cm³/mol. The van der Waals surface area contributed by atoms with Gasteiger partial charge in [-0.1, -0.05) is 25.4 Å². The molecular weight excluding hydrogens is 236 g/mol. The monoisotopic (exact) mass is 252 g/mol. The van der Waals surface area contributed by atoms with Crippen molar-refractivity contribution < 1.29 is 5.11 Å². The van der Waals surface area contributed by atoms with Crippen molar-refractivity contribution in [3.63, 3.8) is 0 Å². The summed E-state index contributed by atoms with van der Waals surface area (Å²) < 4.78 is 0. The smallest absolute Gasteiger partial charge is 0.157 e. The molecular formula is C13H17ClN2O. The van der Waals surface area contributed by atoms with E-state index in [-0.39, 0.29) is 5.75 Å². The zero-order valence-corrected chi connectivity index (χ0v) is 10.9. The minimum absolute atomic E-state index is 0.146. The van der Waals surface area contributed by atoms with E-state index in [0.29, 0.717) is 10.9 Å². The van der Waals surface area contributed by atoms with E-state index >= 15 is 0 Å². The maximum atomic E-state index is 9.98. The van der Waals surface area contributed by atoms with Crippen LogP contribution in [0, 0.1) is 5.92 Å². The minimum atomic E-state index is 0.146. The van der Waals surface area contributed by atoms with Gasteiger partial charge in [0.15, 0.2) is 5.75 Å². The van der Waals surface area contributed by atoms with Crippen LogP contribution < -0.4 is 4.90 Å². The first-order valence-corrected chi connectivity index (χ1v) is 6.23. The highest BCUT2D eigenvalue weighted by atomic mass is 35.5. The van der Waals surface area contributed by atoms with Crippen LogP contribution in [0.25, 0.3) is 0 Å². The number of benzene rings is 1. The number of rotatable bonds is 3. The Balaban J connectivity index is 2.35. The first-order valence-electron chi connectivity index (χ1n) is 5.86. The van der Waals surface area contributed by atoms with Gasteiger partial charge in [0.2, 0.25) is 0 Å². The lowest BCUT2D eigenvalue weighted by Gasteiger charge is -2.18. The summed E-state index contributed by atoms with van der Waals surface area (Å²) in [6, 6.07) is 3.84. The summed E-state index contributed by atoms with van der Waals surface area (Å²) in [7, 11) is 0. The minimum Gasteiger partial charge on any atom is -0.504 e. The third kappa shape index (κ3) is 2.72. The van der Waals surface area contributed by atoms with Crippen molar-refractivity contribution >= 4 is 23.6 Å². The second kappa shape index (κ2) is 4.96. The molecule has 0 aromatic heterocycles. The topological polar surface area (TPSA) is 35.8 Å². The van der Waals surface area contributed by atoms with E-state index in [1.54, 1.807) is 6.34 Å². The predicted octanol–water partition coefficient (Wildman–Crippen LogP) is 3.09. The van der Waals surface area contributed by atoms with Crippen LogP contribution in [-0.2, 0) is 6.42 Å². The summed E-state index contributed by atoms with van der Waals surface area (Å²) in [5.41, 5.74) is 1.91. The van der Waals surface area contributed by atoms with Gasteiger partial charge in [0.05, 0.1) is 23.6 Å². The molecule has 1 aliphatic rings. The molecule has 1 heterocycles. The second-order valence-corrected chi connectivity index (χ2v) is 5.17. The summed E-state index contributed by atoms with van der Waals surface area (Å²) in [6.45, 7) is 5.90.